The Bertz CT molecular complexity index is 389. The maximum absolute atomic E-state index is 12.4. The van der Waals surface area contributed by atoms with Gasteiger partial charge < -0.3 is 9.32 Å². The molecule has 0 aromatic carbocycles. The van der Waals surface area contributed by atoms with Crippen LogP contribution in [0.25, 0.3) is 0 Å². The number of hydrogen-bond donors (Lipinski definition) is 0. The molecule has 1 saturated heterocycles. The molecular formula is C13H18ClNO2. The van der Waals surface area contributed by atoms with Gasteiger partial charge in [-0.2, -0.15) is 0 Å². The van der Waals surface area contributed by atoms with Gasteiger partial charge in [-0.15, -0.1) is 0 Å². The van der Waals surface area contributed by atoms with Crippen LogP contribution in [0, 0.1) is 0 Å². The van der Waals surface area contributed by atoms with Crippen molar-refractivity contribution in [2.45, 2.75) is 45.1 Å². The number of carbonyl (C=O) groups excluding carboxylic acids is 1. The summed E-state index contributed by atoms with van der Waals surface area (Å²) < 4.78 is 4.99. The number of likely N-dealkylation sites (tertiary alicyclic amines) is 1. The highest BCUT2D eigenvalue weighted by molar-refractivity contribution is 6.32. The molecule has 0 aliphatic carbocycles. The summed E-state index contributed by atoms with van der Waals surface area (Å²) in [4.78, 5) is 14.3. The third-order valence-electron chi connectivity index (χ3n) is 3.46. The van der Waals surface area contributed by atoms with Gasteiger partial charge in [0, 0.05) is 12.6 Å². The van der Waals surface area contributed by atoms with Crippen LogP contribution in [0.15, 0.2) is 16.7 Å². The first kappa shape index (κ1) is 12.5. The van der Waals surface area contributed by atoms with Crippen LogP contribution < -0.4 is 0 Å². The Hall–Kier alpha value is -0.960. The van der Waals surface area contributed by atoms with Gasteiger partial charge in [0.25, 0.3) is 5.91 Å². The Kier molecular flexibility index (Phi) is 4.11. The second-order valence-corrected chi connectivity index (χ2v) is 4.86. The lowest BCUT2D eigenvalue weighted by molar-refractivity contribution is 0.0677. The molecule has 0 saturated carbocycles. The molecule has 1 aliphatic heterocycles. The van der Waals surface area contributed by atoms with Gasteiger partial charge in [-0.25, -0.2) is 0 Å². The van der Waals surface area contributed by atoms with E-state index in [1.54, 1.807) is 6.07 Å². The summed E-state index contributed by atoms with van der Waals surface area (Å²) in [5.74, 6) is 0.0116. The van der Waals surface area contributed by atoms with E-state index in [2.05, 4.69) is 6.92 Å². The summed E-state index contributed by atoms with van der Waals surface area (Å²) in [6, 6.07) is 2.00. The topological polar surface area (TPSA) is 33.5 Å². The molecule has 2 heterocycles. The fraction of sp³-hybridized carbons (Fsp3) is 0.615. The molecular weight excluding hydrogens is 238 g/mol. The summed E-state index contributed by atoms with van der Waals surface area (Å²) >= 11 is 5.87. The van der Waals surface area contributed by atoms with Crippen molar-refractivity contribution < 1.29 is 9.21 Å². The molecule has 1 aliphatic rings. The van der Waals surface area contributed by atoms with Crippen molar-refractivity contribution in [1.82, 2.24) is 4.90 Å². The van der Waals surface area contributed by atoms with Crippen LogP contribution in [-0.2, 0) is 0 Å². The summed E-state index contributed by atoms with van der Waals surface area (Å²) in [5.41, 5.74) is 0.493. The number of rotatable bonds is 2. The van der Waals surface area contributed by atoms with Gasteiger partial charge in [0.1, 0.15) is 0 Å². The Morgan fingerprint density at radius 2 is 2.35 bits per heavy atom. The van der Waals surface area contributed by atoms with E-state index < -0.39 is 0 Å². The first-order valence-electron chi connectivity index (χ1n) is 6.28. The monoisotopic (exact) mass is 255 g/mol. The average Bonchev–Trinajstić information content (AvgIpc) is 2.64. The molecule has 1 atom stereocenters. The molecule has 1 unspecified atom stereocenters. The fourth-order valence-electron chi connectivity index (χ4n) is 2.47. The molecule has 0 spiro atoms. The third-order valence-corrected chi connectivity index (χ3v) is 3.75. The van der Waals surface area contributed by atoms with Gasteiger partial charge in [0.15, 0.2) is 0 Å². The second kappa shape index (κ2) is 5.58. The zero-order valence-corrected chi connectivity index (χ0v) is 10.9. The molecule has 0 N–H and O–H groups in total. The van der Waals surface area contributed by atoms with Crippen molar-refractivity contribution in [2.24, 2.45) is 0 Å². The lowest BCUT2D eigenvalue weighted by Gasteiger charge is -2.29. The van der Waals surface area contributed by atoms with E-state index in [0.717, 1.165) is 25.8 Å². The van der Waals surface area contributed by atoms with Gasteiger partial charge in [-0.3, -0.25) is 4.79 Å². The Labute approximate surface area is 107 Å². The molecule has 94 valence electrons. The van der Waals surface area contributed by atoms with Crippen molar-refractivity contribution in [1.29, 1.82) is 0 Å². The summed E-state index contributed by atoms with van der Waals surface area (Å²) in [6.07, 6.45) is 7.06. The van der Waals surface area contributed by atoms with Crippen LogP contribution in [0.2, 0.25) is 5.22 Å². The van der Waals surface area contributed by atoms with E-state index in [1.165, 1.54) is 19.1 Å². The van der Waals surface area contributed by atoms with Gasteiger partial charge in [0.05, 0.1) is 11.8 Å². The molecule has 1 aromatic rings. The van der Waals surface area contributed by atoms with Gasteiger partial charge in [-0.1, -0.05) is 19.8 Å². The van der Waals surface area contributed by atoms with E-state index in [4.69, 9.17) is 16.0 Å². The average molecular weight is 256 g/mol. The molecule has 1 aromatic heterocycles. The van der Waals surface area contributed by atoms with E-state index in [0.29, 0.717) is 11.6 Å². The van der Waals surface area contributed by atoms with Gasteiger partial charge in [-0.05, 0) is 36.9 Å². The smallest absolute Gasteiger partial charge is 0.258 e. The van der Waals surface area contributed by atoms with E-state index >= 15 is 0 Å². The van der Waals surface area contributed by atoms with Crippen LogP contribution in [-0.4, -0.2) is 23.4 Å². The third kappa shape index (κ3) is 2.65. The molecule has 1 fully saturated rings. The fourth-order valence-corrected chi connectivity index (χ4v) is 2.67. The minimum absolute atomic E-state index is 0.0116. The number of halogens is 1. The van der Waals surface area contributed by atoms with Crippen LogP contribution in [0.5, 0.6) is 0 Å². The van der Waals surface area contributed by atoms with Crippen LogP contribution in [0.1, 0.15) is 49.4 Å². The molecule has 4 heteroatoms. The Morgan fingerprint density at radius 3 is 3.00 bits per heavy atom. The highest BCUT2D eigenvalue weighted by atomic mass is 35.5. The zero-order valence-electron chi connectivity index (χ0n) is 10.1. The standard InChI is InChI=1S/C13H18ClNO2/c1-2-10-6-4-3-5-8-15(10)13(16)11-7-9-17-12(11)14/h7,9-10H,2-6,8H2,1H3. The van der Waals surface area contributed by atoms with Crippen LogP contribution in [0.3, 0.4) is 0 Å². The van der Waals surface area contributed by atoms with E-state index in [-0.39, 0.29) is 11.1 Å². The quantitative estimate of drug-likeness (QED) is 0.807. The van der Waals surface area contributed by atoms with Crippen molar-refractivity contribution >= 4 is 17.5 Å². The van der Waals surface area contributed by atoms with Crippen molar-refractivity contribution in [2.75, 3.05) is 6.54 Å². The molecule has 0 radical (unpaired) electrons. The highest BCUT2D eigenvalue weighted by Gasteiger charge is 2.27. The Balaban J connectivity index is 2.18. The Morgan fingerprint density at radius 1 is 1.53 bits per heavy atom. The normalized spacial score (nSPS) is 21.3. The summed E-state index contributed by atoms with van der Waals surface area (Å²) in [7, 11) is 0. The molecule has 1 amide bonds. The van der Waals surface area contributed by atoms with Crippen LogP contribution in [0.4, 0.5) is 0 Å². The van der Waals surface area contributed by atoms with Crippen molar-refractivity contribution in [3.05, 3.63) is 23.1 Å². The van der Waals surface area contributed by atoms with E-state index in [9.17, 15) is 4.79 Å². The predicted molar refractivity (Wildman–Crippen MR) is 67.3 cm³/mol. The lowest BCUT2D eigenvalue weighted by Crippen LogP contribution is -2.39. The second-order valence-electron chi connectivity index (χ2n) is 4.52. The molecule has 17 heavy (non-hydrogen) atoms. The van der Waals surface area contributed by atoms with Crippen molar-refractivity contribution in [3.63, 3.8) is 0 Å². The number of nitrogens with zero attached hydrogens (tertiary/aromatic N) is 1. The van der Waals surface area contributed by atoms with E-state index in [1.807, 2.05) is 4.90 Å². The number of hydrogen-bond acceptors (Lipinski definition) is 2. The SMILES string of the molecule is CCC1CCCCCN1C(=O)c1ccoc1Cl. The molecule has 3 nitrogen and oxygen atoms in total. The first-order chi connectivity index (χ1) is 8.24. The van der Waals surface area contributed by atoms with Gasteiger partial charge >= 0.3 is 0 Å². The maximum Gasteiger partial charge on any atom is 0.258 e. The minimum Gasteiger partial charge on any atom is -0.452 e. The number of carbonyl (C=O) groups is 1. The summed E-state index contributed by atoms with van der Waals surface area (Å²) in [6.45, 7) is 2.96. The van der Waals surface area contributed by atoms with Gasteiger partial charge in [0.2, 0.25) is 5.22 Å². The maximum atomic E-state index is 12.4. The largest absolute Gasteiger partial charge is 0.452 e. The minimum atomic E-state index is 0.0116. The first-order valence-corrected chi connectivity index (χ1v) is 6.65. The lowest BCUT2D eigenvalue weighted by atomic mass is 10.1. The number of amides is 1. The molecule has 2 rings (SSSR count). The summed E-state index contributed by atoms with van der Waals surface area (Å²) in [5, 5.41) is 0.203. The predicted octanol–water partition coefficient (Wildman–Crippen LogP) is 3.73. The zero-order chi connectivity index (χ0) is 12.3. The highest BCUT2D eigenvalue weighted by Crippen LogP contribution is 2.24. The van der Waals surface area contributed by atoms with Crippen LogP contribution >= 0.6 is 11.6 Å². The molecule has 0 bridgehead atoms. The van der Waals surface area contributed by atoms with Crippen molar-refractivity contribution in [3.8, 4) is 0 Å². The number of furan rings is 1.